The standard InChI is InChI=1S/C15H17N7O2S/c23-14(22-5-3-10(4-6-22)13-16-8-18-20-13)12-2-1-11(24-12)7-25-15-17-9-19-21-15/h1-2,8-10H,3-7H2,(H,16,18,20)(H,17,19,21). The molecule has 0 aromatic carbocycles. The van der Waals surface area contributed by atoms with Crippen LogP contribution in [-0.2, 0) is 5.75 Å². The van der Waals surface area contributed by atoms with Crippen LogP contribution in [0.1, 0.15) is 40.9 Å². The molecular formula is C15H17N7O2S. The summed E-state index contributed by atoms with van der Waals surface area (Å²) in [6.07, 6.45) is 4.72. The van der Waals surface area contributed by atoms with Crippen LogP contribution in [-0.4, -0.2) is 54.3 Å². The number of carbonyl (C=O) groups is 1. The molecule has 10 heteroatoms. The smallest absolute Gasteiger partial charge is 0.289 e. The predicted octanol–water partition coefficient (Wildman–Crippen LogP) is 1.83. The first-order valence-corrected chi connectivity index (χ1v) is 8.99. The van der Waals surface area contributed by atoms with Gasteiger partial charge in [0.05, 0.1) is 5.75 Å². The lowest BCUT2D eigenvalue weighted by Crippen LogP contribution is -2.37. The second-order valence-corrected chi connectivity index (χ2v) is 6.75. The number of thioether (sulfide) groups is 1. The van der Waals surface area contributed by atoms with Crippen LogP contribution in [0.5, 0.6) is 0 Å². The maximum Gasteiger partial charge on any atom is 0.289 e. The summed E-state index contributed by atoms with van der Waals surface area (Å²) < 4.78 is 5.69. The number of carbonyl (C=O) groups excluding carboxylic acids is 1. The Morgan fingerprint density at radius 3 is 2.72 bits per heavy atom. The molecule has 4 heterocycles. The van der Waals surface area contributed by atoms with Crippen molar-refractivity contribution in [3.05, 3.63) is 42.1 Å². The Bertz CT molecular complexity index is 807. The van der Waals surface area contributed by atoms with E-state index in [1.165, 1.54) is 24.4 Å². The van der Waals surface area contributed by atoms with Gasteiger partial charge in [-0.1, -0.05) is 11.8 Å². The summed E-state index contributed by atoms with van der Waals surface area (Å²) in [5.41, 5.74) is 0. The minimum atomic E-state index is -0.0630. The van der Waals surface area contributed by atoms with E-state index < -0.39 is 0 Å². The molecule has 0 aliphatic carbocycles. The van der Waals surface area contributed by atoms with Crippen molar-refractivity contribution >= 4 is 17.7 Å². The molecule has 0 atom stereocenters. The number of likely N-dealkylation sites (tertiary alicyclic amines) is 1. The van der Waals surface area contributed by atoms with Crippen LogP contribution in [0.15, 0.2) is 34.4 Å². The number of rotatable bonds is 5. The normalized spacial score (nSPS) is 15.6. The first-order chi connectivity index (χ1) is 12.3. The molecule has 3 aromatic rings. The Kier molecular flexibility index (Phi) is 4.51. The molecule has 130 valence electrons. The molecule has 0 radical (unpaired) electrons. The number of aromatic amines is 2. The van der Waals surface area contributed by atoms with Gasteiger partial charge in [0.25, 0.3) is 5.91 Å². The molecule has 1 fully saturated rings. The average molecular weight is 359 g/mol. The number of piperidine rings is 1. The van der Waals surface area contributed by atoms with Crippen LogP contribution >= 0.6 is 11.8 Å². The van der Waals surface area contributed by atoms with Crippen molar-refractivity contribution in [1.29, 1.82) is 0 Å². The topological polar surface area (TPSA) is 117 Å². The molecule has 4 rings (SSSR count). The van der Waals surface area contributed by atoms with Crippen LogP contribution < -0.4 is 0 Å². The number of nitrogens with zero attached hydrogens (tertiary/aromatic N) is 5. The highest BCUT2D eigenvalue weighted by Gasteiger charge is 2.27. The van der Waals surface area contributed by atoms with Gasteiger partial charge < -0.3 is 9.32 Å². The fourth-order valence-corrected chi connectivity index (χ4v) is 3.57. The van der Waals surface area contributed by atoms with E-state index in [4.69, 9.17) is 4.42 Å². The zero-order valence-corrected chi connectivity index (χ0v) is 14.2. The SMILES string of the molecule is O=C(c1ccc(CSc2ncn[nH]2)o1)N1CCC(c2ncn[nH]2)CC1. The predicted molar refractivity (Wildman–Crippen MR) is 88.9 cm³/mol. The summed E-state index contributed by atoms with van der Waals surface area (Å²) in [5.74, 6) is 2.88. The van der Waals surface area contributed by atoms with E-state index in [1.807, 2.05) is 11.0 Å². The molecular weight excluding hydrogens is 342 g/mol. The van der Waals surface area contributed by atoms with E-state index in [2.05, 4.69) is 30.4 Å². The summed E-state index contributed by atoms with van der Waals surface area (Å²) in [6.45, 7) is 1.38. The van der Waals surface area contributed by atoms with E-state index >= 15 is 0 Å². The third kappa shape index (κ3) is 3.58. The van der Waals surface area contributed by atoms with Gasteiger partial charge in [0.1, 0.15) is 24.2 Å². The van der Waals surface area contributed by atoms with Gasteiger partial charge in [0.2, 0.25) is 0 Å². The van der Waals surface area contributed by atoms with Gasteiger partial charge in [0, 0.05) is 19.0 Å². The molecule has 25 heavy (non-hydrogen) atoms. The molecule has 0 spiro atoms. The highest BCUT2D eigenvalue weighted by molar-refractivity contribution is 7.98. The van der Waals surface area contributed by atoms with Crippen LogP contribution in [0.4, 0.5) is 0 Å². The number of aromatic nitrogens is 6. The summed E-state index contributed by atoms with van der Waals surface area (Å²) in [6, 6.07) is 3.57. The first kappa shape index (κ1) is 15.9. The van der Waals surface area contributed by atoms with Gasteiger partial charge in [0.15, 0.2) is 10.9 Å². The average Bonchev–Trinajstić information content (AvgIpc) is 3.42. The lowest BCUT2D eigenvalue weighted by molar-refractivity contribution is 0.0677. The molecule has 0 saturated carbocycles. The van der Waals surface area contributed by atoms with Gasteiger partial charge in [-0.3, -0.25) is 15.0 Å². The third-order valence-corrected chi connectivity index (χ3v) is 5.12. The van der Waals surface area contributed by atoms with Crippen molar-refractivity contribution in [2.45, 2.75) is 29.7 Å². The van der Waals surface area contributed by atoms with Crippen molar-refractivity contribution in [1.82, 2.24) is 35.3 Å². The monoisotopic (exact) mass is 359 g/mol. The van der Waals surface area contributed by atoms with Crippen molar-refractivity contribution in [2.75, 3.05) is 13.1 Å². The number of hydrogen-bond donors (Lipinski definition) is 2. The number of nitrogens with one attached hydrogen (secondary N) is 2. The van der Waals surface area contributed by atoms with Gasteiger partial charge >= 0.3 is 0 Å². The number of furan rings is 1. The van der Waals surface area contributed by atoms with E-state index in [9.17, 15) is 4.79 Å². The zero-order valence-electron chi connectivity index (χ0n) is 13.4. The summed E-state index contributed by atoms with van der Waals surface area (Å²) >= 11 is 1.48. The minimum Gasteiger partial charge on any atom is -0.455 e. The van der Waals surface area contributed by atoms with Crippen molar-refractivity contribution in [3.8, 4) is 0 Å². The molecule has 3 aromatic heterocycles. The maximum absolute atomic E-state index is 12.6. The second kappa shape index (κ2) is 7.09. The Balaban J connectivity index is 1.32. The van der Waals surface area contributed by atoms with E-state index in [0.29, 0.717) is 30.5 Å². The van der Waals surface area contributed by atoms with Gasteiger partial charge in [-0.25, -0.2) is 9.97 Å². The van der Waals surface area contributed by atoms with E-state index in [0.717, 1.165) is 29.6 Å². The second-order valence-electron chi connectivity index (χ2n) is 5.78. The van der Waals surface area contributed by atoms with Gasteiger partial charge in [-0.15, -0.1) is 0 Å². The van der Waals surface area contributed by atoms with Crippen molar-refractivity contribution in [3.63, 3.8) is 0 Å². The Labute approximate surface area is 147 Å². The fourth-order valence-electron chi connectivity index (χ4n) is 2.90. The quantitative estimate of drug-likeness (QED) is 0.667. The van der Waals surface area contributed by atoms with Gasteiger partial charge in [-0.2, -0.15) is 10.2 Å². The minimum absolute atomic E-state index is 0.0630. The number of amides is 1. The number of H-pyrrole nitrogens is 2. The molecule has 2 N–H and O–H groups in total. The highest BCUT2D eigenvalue weighted by Crippen LogP contribution is 2.26. The first-order valence-electron chi connectivity index (χ1n) is 8.01. The Morgan fingerprint density at radius 2 is 2.00 bits per heavy atom. The zero-order chi connectivity index (χ0) is 17.1. The summed E-state index contributed by atoms with van der Waals surface area (Å²) in [4.78, 5) is 22.7. The third-order valence-electron chi connectivity index (χ3n) is 4.22. The van der Waals surface area contributed by atoms with Crippen LogP contribution in [0, 0.1) is 0 Å². The lowest BCUT2D eigenvalue weighted by Gasteiger charge is -2.30. The summed E-state index contributed by atoms with van der Waals surface area (Å²) in [5, 5.41) is 14.1. The maximum atomic E-state index is 12.6. The van der Waals surface area contributed by atoms with E-state index in [1.54, 1.807) is 6.07 Å². The Morgan fingerprint density at radius 1 is 1.20 bits per heavy atom. The summed E-state index contributed by atoms with van der Waals surface area (Å²) in [7, 11) is 0. The molecule has 0 bridgehead atoms. The number of hydrogen-bond acceptors (Lipinski definition) is 7. The molecule has 1 amide bonds. The lowest BCUT2D eigenvalue weighted by atomic mass is 9.96. The van der Waals surface area contributed by atoms with Crippen LogP contribution in [0.2, 0.25) is 0 Å². The largest absolute Gasteiger partial charge is 0.455 e. The van der Waals surface area contributed by atoms with Crippen molar-refractivity contribution in [2.24, 2.45) is 0 Å². The molecule has 1 aliphatic rings. The van der Waals surface area contributed by atoms with Crippen LogP contribution in [0.25, 0.3) is 0 Å². The molecule has 9 nitrogen and oxygen atoms in total. The molecule has 0 unspecified atom stereocenters. The van der Waals surface area contributed by atoms with E-state index in [-0.39, 0.29) is 5.91 Å². The van der Waals surface area contributed by atoms with Crippen molar-refractivity contribution < 1.29 is 9.21 Å². The fraction of sp³-hybridized carbons (Fsp3) is 0.400. The van der Waals surface area contributed by atoms with Gasteiger partial charge in [-0.05, 0) is 25.0 Å². The highest BCUT2D eigenvalue weighted by atomic mass is 32.2. The molecule has 1 saturated heterocycles. The Hall–Kier alpha value is -2.62. The molecule has 1 aliphatic heterocycles. The van der Waals surface area contributed by atoms with Crippen LogP contribution in [0.3, 0.4) is 0 Å².